The molecule has 7 heteroatoms. The van der Waals surface area contributed by atoms with Crippen LogP contribution in [0, 0.1) is 0 Å². The van der Waals surface area contributed by atoms with Gasteiger partial charge in [0, 0.05) is 25.6 Å². The number of carbonyl (C=O) groups excluding carboxylic acids is 1. The summed E-state index contributed by atoms with van der Waals surface area (Å²) >= 11 is 0. The SMILES string of the molecule is O=C(O)CCC(Cc1ccccc1)NC(=O)N1CCOCC1C1CCCO1. The zero-order valence-electron chi connectivity index (χ0n) is 15.5. The maximum absolute atomic E-state index is 13.0. The van der Waals surface area contributed by atoms with Crippen LogP contribution in [0.4, 0.5) is 4.79 Å². The Morgan fingerprint density at radius 1 is 1.26 bits per heavy atom. The van der Waals surface area contributed by atoms with Crippen LogP contribution in [0.15, 0.2) is 30.3 Å². The van der Waals surface area contributed by atoms with Gasteiger partial charge in [0.15, 0.2) is 0 Å². The molecule has 1 aromatic rings. The van der Waals surface area contributed by atoms with Crippen LogP contribution in [0.1, 0.15) is 31.2 Å². The minimum Gasteiger partial charge on any atom is -0.481 e. The molecule has 2 aliphatic heterocycles. The highest BCUT2D eigenvalue weighted by Gasteiger charge is 2.36. The summed E-state index contributed by atoms with van der Waals surface area (Å²) in [4.78, 5) is 25.8. The van der Waals surface area contributed by atoms with Crippen molar-refractivity contribution in [3.63, 3.8) is 0 Å². The zero-order chi connectivity index (χ0) is 19.1. The predicted molar refractivity (Wildman–Crippen MR) is 99.6 cm³/mol. The van der Waals surface area contributed by atoms with Gasteiger partial charge in [-0.3, -0.25) is 4.79 Å². The van der Waals surface area contributed by atoms with Crippen molar-refractivity contribution in [1.82, 2.24) is 10.2 Å². The summed E-state index contributed by atoms with van der Waals surface area (Å²) in [6, 6.07) is 9.33. The first-order valence-corrected chi connectivity index (χ1v) is 9.65. The van der Waals surface area contributed by atoms with Crippen molar-refractivity contribution in [1.29, 1.82) is 0 Å². The largest absolute Gasteiger partial charge is 0.481 e. The average Bonchev–Trinajstić information content (AvgIpc) is 3.21. The number of carbonyl (C=O) groups is 2. The van der Waals surface area contributed by atoms with Crippen LogP contribution in [-0.4, -0.2) is 66.6 Å². The number of nitrogens with zero attached hydrogens (tertiary/aromatic N) is 1. The molecule has 0 aromatic heterocycles. The number of morpholine rings is 1. The van der Waals surface area contributed by atoms with E-state index in [-0.39, 0.29) is 30.6 Å². The van der Waals surface area contributed by atoms with Crippen LogP contribution in [0.25, 0.3) is 0 Å². The molecule has 2 N–H and O–H groups in total. The van der Waals surface area contributed by atoms with Crippen LogP contribution in [0.5, 0.6) is 0 Å². The van der Waals surface area contributed by atoms with E-state index < -0.39 is 5.97 Å². The summed E-state index contributed by atoms with van der Waals surface area (Å²) in [6.45, 7) is 2.24. The number of carboxylic acids is 1. The number of urea groups is 1. The first kappa shape index (κ1) is 19.6. The molecule has 7 nitrogen and oxygen atoms in total. The van der Waals surface area contributed by atoms with E-state index in [1.807, 2.05) is 30.3 Å². The molecule has 3 unspecified atom stereocenters. The highest BCUT2D eigenvalue weighted by molar-refractivity contribution is 5.75. The second-order valence-electron chi connectivity index (χ2n) is 7.16. The maximum Gasteiger partial charge on any atom is 0.318 e. The lowest BCUT2D eigenvalue weighted by atomic mass is 10.0. The van der Waals surface area contributed by atoms with Crippen molar-refractivity contribution in [3.05, 3.63) is 35.9 Å². The Hall–Kier alpha value is -2.12. The van der Waals surface area contributed by atoms with Gasteiger partial charge < -0.3 is 24.8 Å². The number of hydrogen-bond acceptors (Lipinski definition) is 4. The number of hydrogen-bond donors (Lipinski definition) is 2. The molecule has 148 valence electrons. The lowest BCUT2D eigenvalue weighted by molar-refractivity contribution is -0.137. The first-order valence-electron chi connectivity index (χ1n) is 9.65. The van der Waals surface area contributed by atoms with Gasteiger partial charge >= 0.3 is 12.0 Å². The molecule has 27 heavy (non-hydrogen) atoms. The van der Waals surface area contributed by atoms with Crippen molar-refractivity contribution in [2.75, 3.05) is 26.4 Å². The summed E-state index contributed by atoms with van der Waals surface area (Å²) in [5, 5.41) is 12.1. The van der Waals surface area contributed by atoms with Crippen molar-refractivity contribution in [2.45, 2.75) is 50.3 Å². The number of benzene rings is 1. The van der Waals surface area contributed by atoms with Gasteiger partial charge in [-0.15, -0.1) is 0 Å². The van der Waals surface area contributed by atoms with E-state index >= 15 is 0 Å². The average molecular weight is 376 g/mol. The summed E-state index contributed by atoms with van der Waals surface area (Å²) in [6.07, 6.45) is 2.98. The summed E-state index contributed by atoms with van der Waals surface area (Å²) in [7, 11) is 0. The molecule has 0 bridgehead atoms. The van der Waals surface area contributed by atoms with Gasteiger partial charge in [0.25, 0.3) is 0 Å². The normalized spacial score (nSPS) is 23.8. The maximum atomic E-state index is 13.0. The van der Waals surface area contributed by atoms with Gasteiger partial charge in [-0.25, -0.2) is 4.79 Å². The number of aliphatic carboxylic acids is 1. The van der Waals surface area contributed by atoms with Crippen molar-refractivity contribution in [2.24, 2.45) is 0 Å². The predicted octanol–water partition coefficient (Wildman–Crippen LogP) is 2.05. The molecule has 0 spiro atoms. The lowest BCUT2D eigenvalue weighted by Crippen LogP contribution is -2.58. The Kier molecular flexibility index (Phi) is 7.06. The summed E-state index contributed by atoms with van der Waals surface area (Å²) < 4.78 is 11.3. The minimum atomic E-state index is -0.856. The molecule has 0 saturated carbocycles. The van der Waals surface area contributed by atoms with Gasteiger partial charge in [-0.2, -0.15) is 0 Å². The third-order valence-corrected chi connectivity index (χ3v) is 5.18. The summed E-state index contributed by atoms with van der Waals surface area (Å²) in [5.74, 6) is -0.856. The van der Waals surface area contributed by atoms with E-state index in [2.05, 4.69) is 5.32 Å². The molecule has 0 aliphatic carbocycles. The topological polar surface area (TPSA) is 88.1 Å². The van der Waals surface area contributed by atoms with Crippen LogP contribution >= 0.6 is 0 Å². The Morgan fingerprint density at radius 2 is 2.07 bits per heavy atom. The molecule has 2 heterocycles. The smallest absolute Gasteiger partial charge is 0.318 e. The third-order valence-electron chi connectivity index (χ3n) is 5.18. The zero-order valence-corrected chi connectivity index (χ0v) is 15.5. The minimum absolute atomic E-state index is 0.0163. The third kappa shape index (κ3) is 5.68. The Morgan fingerprint density at radius 3 is 2.78 bits per heavy atom. The van der Waals surface area contributed by atoms with E-state index in [0.717, 1.165) is 25.0 Å². The number of rotatable bonds is 7. The molecule has 0 radical (unpaired) electrons. The van der Waals surface area contributed by atoms with Gasteiger partial charge in [0.1, 0.15) is 0 Å². The Balaban J connectivity index is 1.64. The van der Waals surface area contributed by atoms with E-state index in [1.54, 1.807) is 4.90 Å². The highest BCUT2D eigenvalue weighted by atomic mass is 16.5. The number of ether oxygens (including phenoxy) is 2. The van der Waals surface area contributed by atoms with Gasteiger partial charge in [0.2, 0.25) is 0 Å². The van der Waals surface area contributed by atoms with Gasteiger partial charge in [0.05, 0.1) is 25.4 Å². The fourth-order valence-corrected chi connectivity index (χ4v) is 3.77. The standard InChI is InChI=1S/C20H28N2O5/c23-19(24)9-8-16(13-15-5-2-1-3-6-15)21-20(25)22-10-12-26-14-17(22)18-7-4-11-27-18/h1-3,5-6,16-18H,4,7-14H2,(H,21,25)(H,23,24). The monoisotopic (exact) mass is 376 g/mol. The van der Waals surface area contributed by atoms with Gasteiger partial charge in [-0.05, 0) is 31.2 Å². The number of amides is 2. The van der Waals surface area contributed by atoms with Crippen LogP contribution in [0.3, 0.4) is 0 Å². The number of carboxylic acid groups (broad SMARTS) is 1. The molecule has 2 aliphatic rings. The molecule has 3 rings (SSSR count). The Bertz CT molecular complexity index is 618. The fourth-order valence-electron chi connectivity index (χ4n) is 3.77. The van der Waals surface area contributed by atoms with Crippen LogP contribution < -0.4 is 5.32 Å². The molecular formula is C20H28N2O5. The van der Waals surface area contributed by atoms with E-state index in [4.69, 9.17) is 14.6 Å². The van der Waals surface area contributed by atoms with E-state index in [1.165, 1.54) is 0 Å². The second-order valence-corrected chi connectivity index (χ2v) is 7.16. The highest BCUT2D eigenvalue weighted by Crippen LogP contribution is 2.22. The van der Waals surface area contributed by atoms with Gasteiger partial charge in [-0.1, -0.05) is 30.3 Å². The van der Waals surface area contributed by atoms with E-state index in [0.29, 0.717) is 32.6 Å². The van der Waals surface area contributed by atoms with Crippen LogP contribution in [0.2, 0.25) is 0 Å². The van der Waals surface area contributed by atoms with Crippen LogP contribution in [-0.2, 0) is 20.7 Å². The van der Waals surface area contributed by atoms with Crippen molar-refractivity contribution >= 4 is 12.0 Å². The molecule has 2 saturated heterocycles. The molecule has 2 amide bonds. The molecule has 3 atom stereocenters. The van der Waals surface area contributed by atoms with Crippen molar-refractivity contribution < 1.29 is 24.2 Å². The van der Waals surface area contributed by atoms with Crippen molar-refractivity contribution in [3.8, 4) is 0 Å². The number of nitrogens with one attached hydrogen (secondary N) is 1. The first-order chi connectivity index (χ1) is 13.1. The summed E-state index contributed by atoms with van der Waals surface area (Å²) in [5.41, 5.74) is 1.07. The molecule has 2 fully saturated rings. The molecular weight excluding hydrogens is 348 g/mol. The quantitative estimate of drug-likeness (QED) is 0.760. The fraction of sp³-hybridized carbons (Fsp3) is 0.600. The Labute approximate surface area is 159 Å². The second kappa shape index (κ2) is 9.71. The van der Waals surface area contributed by atoms with E-state index in [9.17, 15) is 9.59 Å². The lowest BCUT2D eigenvalue weighted by Gasteiger charge is -2.39. The molecule has 1 aromatic carbocycles.